The van der Waals surface area contributed by atoms with E-state index in [1.807, 2.05) is 6.92 Å². The Balaban J connectivity index is 2.98. The lowest BCUT2D eigenvalue weighted by molar-refractivity contribution is 0.00646. The molecule has 0 unspecified atom stereocenters. The van der Waals surface area contributed by atoms with Gasteiger partial charge in [0.25, 0.3) is 0 Å². The van der Waals surface area contributed by atoms with Crippen molar-refractivity contribution in [3.8, 4) is 0 Å². The second-order valence-corrected chi connectivity index (χ2v) is 4.67. The maximum Gasteiger partial charge on any atom is 0.341 e. The summed E-state index contributed by atoms with van der Waals surface area (Å²) in [6.45, 7) is 7.22. The zero-order valence-electron chi connectivity index (χ0n) is 10.1. The highest BCUT2D eigenvalue weighted by atomic mass is 19.1. The van der Waals surface area contributed by atoms with E-state index in [1.165, 1.54) is 6.07 Å². The van der Waals surface area contributed by atoms with Crippen molar-refractivity contribution in [3.63, 3.8) is 0 Å². The van der Waals surface area contributed by atoms with Crippen LogP contribution in [0.1, 0.15) is 43.6 Å². The topological polar surface area (TPSA) is 26.3 Å². The summed E-state index contributed by atoms with van der Waals surface area (Å²) in [5, 5.41) is 0. The van der Waals surface area contributed by atoms with E-state index < -0.39 is 17.4 Å². The Morgan fingerprint density at radius 2 is 2.00 bits per heavy atom. The molecular weight excluding hydrogens is 207 g/mol. The van der Waals surface area contributed by atoms with Gasteiger partial charge in [-0.1, -0.05) is 13.0 Å². The van der Waals surface area contributed by atoms with E-state index in [9.17, 15) is 9.18 Å². The fraction of sp³-hybridized carbons (Fsp3) is 0.462. The standard InChI is InChI=1S/C13H17FO2/c1-5-9-6-7-11(14)10(8-9)12(15)16-13(2,3)4/h6-8H,5H2,1-4H3. The first kappa shape index (κ1) is 12.7. The number of carbonyl (C=O) groups is 1. The van der Waals surface area contributed by atoms with Gasteiger partial charge in [0.15, 0.2) is 0 Å². The Morgan fingerprint density at radius 3 is 2.50 bits per heavy atom. The number of benzene rings is 1. The summed E-state index contributed by atoms with van der Waals surface area (Å²) in [4.78, 5) is 11.7. The highest BCUT2D eigenvalue weighted by Gasteiger charge is 2.20. The number of hydrogen-bond donors (Lipinski definition) is 0. The molecule has 0 N–H and O–H groups in total. The Labute approximate surface area is 95.4 Å². The minimum atomic E-state index is -0.611. The fourth-order valence-electron chi connectivity index (χ4n) is 1.28. The monoisotopic (exact) mass is 224 g/mol. The molecule has 0 amide bonds. The van der Waals surface area contributed by atoms with Gasteiger partial charge in [-0.05, 0) is 44.9 Å². The van der Waals surface area contributed by atoms with Gasteiger partial charge in [0.1, 0.15) is 11.4 Å². The zero-order valence-corrected chi connectivity index (χ0v) is 10.1. The molecule has 3 heteroatoms. The van der Waals surface area contributed by atoms with Gasteiger partial charge in [-0.3, -0.25) is 0 Å². The number of ether oxygens (including phenoxy) is 1. The van der Waals surface area contributed by atoms with E-state index in [4.69, 9.17) is 4.74 Å². The number of hydrogen-bond acceptors (Lipinski definition) is 2. The lowest BCUT2D eigenvalue weighted by atomic mass is 10.1. The van der Waals surface area contributed by atoms with Crippen molar-refractivity contribution in [2.24, 2.45) is 0 Å². The molecule has 0 saturated carbocycles. The van der Waals surface area contributed by atoms with E-state index >= 15 is 0 Å². The molecule has 16 heavy (non-hydrogen) atoms. The van der Waals surface area contributed by atoms with Gasteiger partial charge in [0.05, 0.1) is 5.56 Å². The summed E-state index contributed by atoms with van der Waals surface area (Å²) >= 11 is 0. The molecule has 1 rings (SSSR count). The summed E-state index contributed by atoms with van der Waals surface area (Å²) < 4.78 is 18.6. The largest absolute Gasteiger partial charge is 0.456 e. The Bertz CT molecular complexity index is 391. The normalized spacial score (nSPS) is 11.3. The van der Waals surface area contributed by atoms with Crippen LogP contribution < -0.4 is 0 Å². The predicted octanol–water partition coefficient (Wildman–Crippen LogP) is 3.34. The highest BCUT2D eigenvalue weighted by molar-refractivity contribution is 5.90. The van der Waals surface area contributed by atoms with Gasteiger partial charge >= 0.3 is 5.97 Å². The number of halogens is 1. The van der Waals surface area contributed by atoms with Crippen LogP contribution in [0.5, 0.6) is 0 Å². The second kappa shape index (κ2) is 4.64. The molecule has 1 aromatic carbocycles. The molecule has 1 aromatic rings. The number of esters is 1. The van der Waals surface area contributed by atoms with Crippen LogP contribution in [0.2, 0.25) is 0 Å². The van der Waals surface area contributed by atoms with Crippen molar-refractivity contribution < 1.29 is 13.9 Å². The molecule has 0 bridgehead atoms. The van der Waals surface area contributed by atoms with Gasteiger partial charge in [0.2, 0.25) is 0 Å². The van der Waals surface area contributed by atoms with E-state index in [0.717, 1.165) is 12.0 Å². The van der Waals surface area contributed by atoms with Crippen LogP contribution >= 0.6 is 0 Å². The molecule has 0 heterocycles. The third-order valence-corrected chi connectivity index (χ3v) is 2.06. The van der Waals surface area contributed by atoms with Gasteiger partial charge in [-0.25, -0.2) is 9.18 Å². The first-order chi connectivity index (χ1) is 7.33. The Morgan fingerprint density at radius 1 is 1.38 bits per heavy atom. The maximum atomic E-state index is 13.4. The second-order valence-electron chi connectivity index (χ2n) is 4.67. The fourth-order valence-corrected chi connectivity index (χ4v) is 1.28. The van der Waals surface area contributed by atoms with E-state index in [1.54, 1.807) is 32.9 Å². The van der Waals surface area contributed by atoms with Gasteiger partial charge < -0.3 is 4.74 Å². The van der Waals surface area contributed by atoms with Gasteiger partial charge in [-0.15, -0.1) is 0 Å². The molecule has 0 aliphatic carbocycles. The molecule has 0 aromatic heterocycles. The average molecular weight is 224 g/mol. The number of carbonyl (C=O) groups excluding carboxylic acids is 1. The van der Waals surface area contributed by atoms with Crippen LogP contribution in [0.3, 0.4) is 0 Å². The minimum Gasteiger partial charge on any atom is -0.456 e. The van der Waals surface area contributed by atoms with Crippen LogP contribution in [-0.2, 0) is 11.2 Å². The molecule has 0 saturated heterocycles. The summed E-state index contributed by atoms with van der Waals surface area (Å²) in [5.41, 5.74) is 0.322. The third-order valence-electron chi connectivity index (χ3n) is 2.06. The first-order valence-electron chi connectivity index (χ1n) is 5.35. The minimum absolute atomic E-state index is 0.00859. The summed E-state index contributed by atoms with van der Waals surface area (Å²) in [5.74, 6) is -1.15. The van der Waals surface area contributed by atoms with Crippen LogP contribution in [0, 0.1) is 5.82 Å². The Kier molecular flexibility index (Phi) is 3.68. The lowest BCUT2D eigenvalue weighted by Gasteiger charge is -2.19. The number of aryl methyl sites for hydroxylation is 1. The molecule has 0 radical (unpaired) electrons. The number of rotatable bonds is 2. The first-order valence-corrected chi connectivity index (χ1v) is 5.35. The molecule has 2 nitrogen and oxygen atoms in total. The summed E-state index contributed by atoms with van der Waals surface area (Å²) in [7, 11) is 0. The molecule has 0 spiro atoms. The summed E-state index contributed by atoms with van der Waals surface area (Å²) in [6.07, 6.45) is 0.760. The summed E-state index contributed by atoms with van der Waals surface area (Å²) in [6, 6.07) is 4.52. The van der Waals surface area contributed by atoms with Crippen molar-refractivity contribution in [3.05, 3.63) is 35.1 Å². The smallest absolute Gasteiger partial charge is 0.341 e. The van der Waals surface area contributed by atoms with Crippen molar-refractivity contribution in [2.75, 3.05) is 0 Å². The molecule has 0 atom stereocenters. The maximum absolute atomic E-state index is 13.4. The molecule has 0 aliphatic heterocycles. The molecule has 0 aliphatic rings. The van der Waals surface area contributed by atoms with E-state index in [2.05, 4.69) is 0 Å². The van der Waals surface area contributed by atoms with Crippen molar-refractivity contribution in [1.82, 2.24) is 0 Å². The predicted molar refractivity (Wildman–Crippen MR) is 60.9 cm³/mol. The van der Waals surface area contributed by atoms with Crippen molar-refractivity contribution in [2.45, 2.75) is 39.7 Å². The van der Waals surface area contributed by atoms with Gasteiger partial charge in [0, 0.05) is 0 Å². The zero-order chi connectivity index (χ0) is 12.3. The third kappa shape index (κ3) is 3.33. The average Bonchev–Trinajstić information content (AvgIpc) is 2.15. The van der Waals surface area contributed by atoms with Crippen molar-refractivity contribution in [1.29, 1.82) is 0 Å². The molecule has 88 valence electrons. The molecular formula is C13H17FO2. The molecule has 0 fully saturated rings. The van der Waals surface area contributed by atoms with Crippen LogP contribution in [0.25, 0.3) is 0 Å². The van der Waals surface area contributed by atoms with Crippen LogP contribution in [0.15, 0.2) is 18.2 Å². The van der Waals surface area contributed by atoms with Crippen molar-refractivity contribution >= 4 is 5.97 Å². The van der Waals surface area contributed by atoms with Crippen LogP contribution in [0.4, 0.5) is 4.39 Å². The lowest BCUT2D eigenvalue weighted by Crippen LogP contribution is -2.24. The highest BCUT2D eigenvalue weighted by Crippen LogP contribution is 2.16. The quantitative estimate of drug-likeness (QED) is 0.720. The van der Waals surface area contributed by atoms with E-state index in [-0.39, 0.29) is 5.56 Å². The van der Waals surface area contributed by atoms with E-state index in [0.29, 0.717) is 0 Å². The van der Waals surface area contributed by atoms with Crippen LogP contribution in [-0.4, -0.2) is 11.6 Å². The SMILES string of the molecule is CCc1ccc(F)c(C(=O)OC(C)(C)C)c1. The Hall–Kier alpha value is -1.38. The van der Waals surface area contributed by atoms with Gasteiger partial charge in [-0.2, -0.15) is 0 Å².